The van der Waals surface area contributed by atoms with E-state index in [1.807, 2.05) is 35.2 Å². The number of amides is 1. The number of carbonyl (C=O) groups excluding carboxylic acids is 1. The van der Waals surface area contributed by atoms with E-state index in [2.05, 4.69) is 6.92 Å². The Morgan fingerprint density at radius 2 is 1.92 bits per heavy atom. The number of benzene rings is 2. The standard InChI is InChI=1S/C21H23ClFNO2/c1-20(2,26-18-11-10-16(22)14-17(18)23)19(25)24-13-7-12-21(24,3)15-8-5-4-6-9-15/h4-6,8-11,14H,7,12-13H2,1-3H3. The van der Waals surface area contributed by atoms with E-state index in [0.717, 1.165) is 18.4 Å². The van der Waals surface area contributed by atoms with Crippen LogP contribution >= 0.6 is 11.6 Å². The van der Waals surface area contributed by atoms with Gasteiger partial charge in [-0.05, 0) is 57.4 Å². The summed E-state index contributed by atoms with van der Waals surface area (Å²) in [5, 5.41) is 0.287. The van der Waals surface area contributed by atoms with E-state index in [1.54, 1.807) is 19.9 Å². The zero-order valence-corrected chi connectivity index (χ0v) is 16.0. The quantitative estimate of drug-likeness (QED) is 0.737. The molecule has 3 rings (SSSR count). The van der Waals surface area contributed by atoms with Crippen LogP contribution < -0.4 is 4.74 Å². The monoisotopic (exact) mass is 375 g/mol. The smallest absolute Gasteiger partial charge is 0.266 e. The van der Waals surface area contributed by atoms with Gasteiger partial charge in [-0.3, -0.25) is 4.79 Å². The van der Waals surface area contributed by atoms with Gasteiger partial charge in [0.25, 0.3) is 5.91 Å². The highest BCUT2D eigenvalue weighted by atomic mass is 35.5. The van der Waals surface area contributed by atoms with Gasteiger partial charge in [-0.25, -0.2) is 4.39 Å². The molecule has 2 aromatic carbocycles. The van der Waals surface area contributed by atoms with Crippen molar-refractivity contribution >= 4 is 17.5 Å². The van der Waals surface area contributed by atoms with E-state index in [-0.39, 0.29) is 16.7 Å². The first kappa shape index (κ1) is 18.7. The van der Waals surface area contributed by atoms with Crippen molar-refractivity contribution in [2.75, 3.05) is 6.54 Å². The summed E-state index contributed by atoms with van der Waals surface area (Å²) < 4.78 is 19.9. The number of hydrogen-bond acceptors (Lipinski definition) is 2. The Balaban J connectivity index is 1.86. The Kier molecular flexibility index (Phi) is 4.98. The fourth-order valence-corrected chi connectivity index (χ4v) is 3.75. The van der Waals surface area contributed by atoms with Gasteiger partial charge in [0.05, 0.1) is 5.54 Å². The fraction of sp³-hybridized carbons (Fsp3) is 0.381. The molecule has 0 bridgehead atoms. The molecule has 26 heavy (non-hydrogen) atoms. The van der Waals surface area contributed by atoms with Gasteiger partial charge >= 0.3 is 0 Å². The highest BCUT2D eigenvalue weighted by molar-refractivity contribution is 6.30. The van der Waals surface area contributed by atoms with E-state index >= 15 is 0 Å². The lowest BCUT2D eigenvalue weighted by Gasteiger charge is -2.40. The zero-order valence-electron chi connectivity index (χ0n) is 15.3. The molecule has 0 spiro atoms. The molecule has 1 amide bonds. The average molecular weight is 376 g/mol. The first-order valence-electron chi connectivity index (χ1n) is 8.76. The lowest BCUT2D eigenvalue weighted by atomic mass is 9.88. The molecule has 3 nitrogen and oxygen atoms in total. The number of carbonyl (C=O) groups is 1. The molecule has 0 aromatic heterocycles. The Hall–Kier alpha value is -2.07. The van der Waals surface area contributed by atoms with Crippen molar-refractivity contribution in [3.05, 3.63) is 64.9 Å². The summed E-state index contributed by atoms with van der Waals surface area (Å²) in [7, 11) is 0. The molecule has 0 N–H and O–H groups in total. The Morgan fingerprint density at radius 3 is 2.58 bits per heavy atom. The zero-order chi connectivity index (χ0) is 18.9. The normalized spacial score (nSPS) is 20.3. The third-order valence-corrected chi connectivity index (χ3v) is 5.29. The maximum atomic E-state index is 14.1. The number of ether oxygens (including phenoxy) is 1. The molecule has 0 aliphatic carbocycles. The van der Waals surface area contributed by atoms with Gasteiger partial charge in [-0.1, -0.05) is 41.9 Å². The summed E-state index contributed by atoms with van der Waals surface area (Å²) in [6.07, 6.45) is 1.80. The molecule has 5 heteroatoms. The topological polar surface area (TPSA) is 29.5 Å². The molecule has 1 aliphatic rings. The summed E-state index contributed by atoms with van der Waals surface area (Å²) >= 11 is 5.79. The van der Waals surface area contributed by atoms with Gasteiger partial charge in [-0.15, -0.1) is 0 Å². The van der Waals surface area contributed by atoms with Crippen LogP contribution in [0.2, 0.25) is 5.02 Å². The van der Waals surface area contributed by atoms with E-state index in [9.17, 15) is 9.18 Å². The van der Waals surface area contributed by atoms with Crippen molar-refractivity contribution in [1.82, 2.24) is 4.90 Å². The van der Waals surface area contributed by atoms with Gasteiger partial charge in [0.2, 0.25) is 0 Å². The van der Waals surface area contributed by atoms with Crippen LogP contribution in [0.5, 0.6) is 5.75 Å². The van der Waals surface area contributed by atoms with E-state index in [1.165, 1.54) is 12.1 Å². The van der Waals surface area contributed by atoms with Crippen molar-refractivity contribution in [1.29, 1.82) is 0 Å². The third-order valence-electron chi connectivity index (χ3n) is 5.06. The van der Waals surface area contributed by atoms with E-state index in [4.69, 9.17) is 16.3 Å². The van der Waals surface area contributed by atoms with Crippen LogP contribution in [0.3, 0.4) is 0 Å². The highest BCUT2D eigenvalue weighted by Crippen LogP contribution is 2.40. The summed E-state index contributed by atoms with van der Waals surface area (Å²) in [4.78, 5) is 15.1. The summed E-state index contributed by atoms with van der Waals surface area (Å²) in [6, 6.07) is 14.2. The number of nitrogens with zero attached hydrogens (tertiary/aromatic N) is 1. The summed E-state index contributed by atoms with van der Waals surface area (Å²) in [5.74, 6) is -0.713. The number of rotatable bonds is 4. The van der Waals surface area contributed by atoms with Gasteiger partial charge < -0.3 is 9.64 Å². The van der Waals surface area contributed by atoms with Crippen molar-refractivity contribution in [2.45, 2.75) is 44.8 Å². The minimum absolute atomic E-state index is 0.0216. The lowest BCUT2D eigenvalue weighted by molar-refractivity contribution is -0.149. The number of likely N-dealkylation sites (tertiary alicyclic amines) is 1. The van der Waals surface area contributed by atoms with Crippen LogP contribution in [0.1, 0.15) is 39.2 Å². The Labute approximate surface area is 158 Å². The summed E-state index contributed by atoms with van der Waals surface area (Å²) in [6.45, 7) is 6.08. The number of hydrogen-bond donors (Lipinski definition) is 0. The predicted molar refractivity (Wildman–Crippen MR) is 101 cm³/mol. The second-order valence-corrected chi connectivity index (χ2v) is 7.82. The second-order valence-electron chi connectivity index (χ2n) is 7.39. The van der Waals surface area contributed by atoms with Crippen LogP contribution in [0, 0.1) is 5.82 Å². The first-order chi connectivity index (χ1) is 12.2. The first-order valence-corrected chi connectivity index (χ1v) is 9.13. The lowest BCUT2D eigenvalue weighted by Crippen LogP contribution is -2.53. The van der Waals surface area contributed by atoms with Crippen LogP contribution in [-0.4, -0.2) is 23.0 Å². The molecule has 1 saturated heterocycles. The molecule has 0 saturated carbocycles. The minimum Gasteiger partial charge on any atom is -0.475 e. The molecule has 1 atom stereocenters. The molecule has 1 aliphatic heterocycles. The molecular weight excluding hydrogens is 353 g/mol. The van der Waals surface area contributed by atoms with E-state index < -0.39 is 17.0 Å². The van der Waals surface area contributed by atoms with Crippen LogP contribution in [0.4, 0.5) is 4.39 Å². The van der Waals surface area contributed by atoms with Crippen molar-refractivity contribution in [3.8, 4) is 5.75 Å². The Bertz CT molecular complexity index is 809. The molecule has 2 aromatic rings. The highest BCUT2D eigenvalue weighted by Gasteiger charge is 2.46. The van der Waals surface area contributed by atoms with Gasteiger partial charge in [0, 0.05) is 11.6 Å². The molecular formula is C21H23ClFNO2. The SMILES string of the molecule is CC(C)(Oc1ccc(Cl)cc1F)C(=O)N1CCCC1(C)c1ccccc1. The minimum atomic E-state index is -1.20. The maximum absolute atomic E-state index is 14.1. The molecule has 1 fully saturated rings. The maximum Gasteiger partial charge on any atom is 0.266 e. The van der Waals surface area contributed by atoms with Gasteiger partial charge in [0.1, 0.15) is 0 Å². The molecule has 1 heterocycles. The fourth-order valence-electron chi connectivity index (χ4n) is 3.59. The van der Waals surface area contributed by atoms with Crippen molar-refractivity contribution in [2.24, 2.45) is 0 Å². The molecule has 0 radical (unpaired) electrons. The average Bonchev–Trinajstić information content (AvgIpc) is 3.00. The molecule has 138 valence electrons. The van der Waals surface area contributed by atoms with Crippen molar-refractivity contribution < 1.29 is 13.9 Å². The van der Waals surface area contributed by atoms with Crippen LogP contribution in [-0.2, 0) is 10.3 Å². The Morgan fingerprint density at radius 1 is 1.23 bits per heavy atom. The van der Waals surface area contributed by atoms with Gasteiger partial charge in [-0.2, -0.15) is 0 Å². The van der Waals surface area contributed by atoms with Crippen LogP contribution in [0.15, 0.2) is 48.5 Å². The largest absolute Gasteiger partial charge is 0.475 e. The number of halogens is 2. The van der Waals surface area contributed by atoms with E-state index in [0.29, 0.717) is 6.54 Å². The van der Waals surface area contributed by atoms with Gasteiger partial charge in [0.15, 0.2) is 17.2 Å². The molecule has 1 unspecified atom stereocenters. The van der Waals surface area contributed by atoms with Crippen LogP contribution in [0.25, 0.3) is 0 Å². The summed E-state index contributed by atoms with van der Waals surface area (Å²) in [5.41, 5.74) is -0.494. The third kappa shape index (κ3) is 3.43. The predicted octanol–water partition coefficient (Wildman–Crippen LogP) is 5.17. The van der Waals surface area contributed by atoms with Crippen molar-refractivity contribution in [3.63, 3.8) is 0 Å². The second kappa shape index (κ2) is 6.92.